The Kier molecular flexibility index (Phi) is 5.97. The molecule has 34 heavy (non-hydrogen) atoms. The number of hydrogen-bond acceptors (Lipinski definition) is 6. The topological polar surface area (TPSA) is 79.0 Å². The molecule has 0 amide bonds. The lowest BCUT2D eigenvalue weighted by molar-refractivity contribution is 0.0601. The van der Waals surface area contributed by atoms with Crippen molar-refractivity contribution < 1.29 is 9.53 Å². The van der Waals surface area contributed by atoms with Crippen LogP contribution in [0.1, 0.15) is 15.9 Å². The van der Waals surface area contributed by atoms with E-state index in [4.69, 9.17) is 9.72 Å². The molecular weight excluding hydrogens is 448 g/mol. The Balaban J connectivity index is 1.53. The van der Waals surface area contributed by atoms with Crippen LogP contribution in [0.4, 0.5) is 0 Å². The number of esters is 1. The molecule has 5 aromatic rings. The van der Waals surface area contributed by atoms with Crippen molar-refractivity contribution in [2.45, 2.75) is 10.9 Å². The maximum atomic E-state index is 13.5. The molecule has 0 N–H and O–H groups in total. The van der Waals surface area contributed by atoms with Crippen LogP contribution >= 0.6 is 11.8 Å². The van der Waals surface area contributed by atoms with Gasteiger partial charge in [0.15, 0.2) is 5.16 Å². The standard InChI is InChI=1S/C26H20N4O3S/c1-33-25(32)19-10-13-22-23(16-19)28-26(30(24(22)31)21-6-3-2-4-7-21)34-17-18-8-11-20(12-9-18)29-15-5-14-27-29/h2-16H,17H2,1H3. The van der Waals surface area contributed by atoms with Gasteiger partial charge in [0.1, 0.15) is 0 Å². The molecule has 0 radical (unpaired) electrons. The van der Waals surface area contributed by atoms with Crippen LogP contribution in [0.25, 0.3) is 22.3 Å². The van der Waals surface area contributed by atoms with Crippen molar-refractivity contribution in [2.75, 3.05) is 7.11 Å². The minimum atomic E-state index is -0.470. The maximum Gasteiger partial charge on any atom is 0.337 e. The fourth-order valence-corrected chi connectivity index (χ4v) is 4.59. The second-order valence-electron chi connectivity index (χ2n) is 7.50. The summed E-state index contributed by atoms with van der Waals surface area (Å²) in [6.45, 7) is 0. The number of carbonyl (C=O) groups excluding carboxylic acids is 1. The molecule has 8 heteroatoms. The molecule has 168 valence electrons. The third-order valence-electron chi connectivity index (χ3n) is 5.35. The van der Waals surface area contributed by atoms with Crippen LogP contribution in [-0.4, -0.2) is 32.4 Å². The zero-order valence-corrected chi connectivity index (χ0v) is 19.1. The molecule has 0 aliphatic carbocycles. The molecule has 5 rings (SSSR count). The SMILES string of the molecule is COC(=O)c1ccc2c(=O)n(-c3ccccc3)c(SCc3ccc(-n4cccn4)cc3)nc2c1. The van der Waals surface area contributed by atoms with Crippen molar-refractivity contribution in [3.8, 4) is 11.4 Å². The molecule has 2 heterocycles. The quantitative estimate of drug-likeness (QED) is 0.205. The highest BCUT2D eigenvalue weighted by atomic mass is 32.2. The lowest BCUT2D eigenvalue weighted by Gasteiger charge is -2.14. The Morgan fingerprint density at radius 2 is 1.76 bits per heavy atom. The summed E-state index contributed by atoms with van der Waals surface area (Å²) in [6, 6.07) is 24.2. The normalized spacial score (nSPS) is 11.0. The van der Waals surface area contributed by atoms with Crippen LogP contribution in [0.2, 0.25) is 0 Å². The van der Waals surface area contributed by atoms with Gasteiger partial charge in [0.2, 0.25) is 0 Å². The number of ether oxygens (including phenoxy) is 1. The molecule has 2 aromatic heterocycles. The smallest absolute Gasteiger partial charge is 0.337 e. The van der Waals surface area contributed by atoms with Crippen LogP contribution in [-0.2, 0) is 10.5 Å². The average Bonchev–Trinajstić information content (AvgIpc) is 3.43. The van der Waals surface area contributed by atoms with E-state index in [-0.39, 0.29) is 5.56 Å². The Bertz CT molecular complexity index is 1510. The molecule has 0 saturated heterocycles. The van der Waals surface area contributed by atoms with E-state index < -0.39 is 5.97 Å². The molecule has 0 atom stereocenters. The Morgan fingerprint density at radius 3 is 2.47 bits per heavy atom. The van der Waals surface area contributed by atoms with Gasteiger partial charge >= 0.3 is 5.97 Å². The number of carbonyl (C=O) groups is 1. The number of fused-ring (bicyclic) bond motifs is 1. The number of para-hydroxylation sites is 1. The lowest BCUT2D eigenvalue weighted by atomic mass is 10.1. The average molecular weight is 469 g/mol. The van der Waals surface area contributed by atoms with Crippen LogP contribution in [0.5, 0.6) is 0 Å². The van der Waals surface area contributed by atoms with Gasteiger partial charge in [-0.15, -0.1) is 0 Å². The molecule has 0 fully saturated rings. The largest absolute Gasteiger partial charge is 0.465 e. The van der Waals surface area contributed by atoms with Gasteiger partial charge in [0, 0.05) is 18.1 Å². The third-order valence-corrected chi connectivity index (χ3v) is 6.36. The first-order valence-corrected chi connectivity index (χ1v) is 11.5. The van der Waals surface area contributed by atoms with E-state index >= 15 is 0 Å². The lowest BCUT2D eigenvalue weighted by Crippen LogP contribution is -2.22. The van der Waals surface area contributed by atoms with E-state index in [0.29, 0.717) is 27.4 Å². The van der Waals surface area contributed by atoms with Crippen molar-refractivity contribution in [3.63, 3.8) is 0 Å². The zero-order chi connectivity index (χ0) is 23.5. The first-order valence-electron chi connectivity index (χ1n) is 10.6. The number of thioether (sulfide) groups is 1. The summed E-state index contributed by atoms with van der Waals surface area (Å²) < 4.78 is 8.23. The molecule has 0 aliphatic rings. The van der Waals surface area contributed by atoms with Gasteiger partial charge in [-0.05, 0) is 54.1 Å². The van der Waals surface area contributed by atoms with Crippen LogP contribution < -0.4 is 5.56 Å². The summed E-state index contributed by atoms with van der Waals surface area (Å²) in [6.07, 6.45) is 3.63. The predicted molar refractivity (Wildman–Crippen MR) is 132 cm³/mol. The van der Waals surface area contributed by atoms with E-state index in [1.54, 1.807) is 33.6 Å². The Labute approximate surface area is 199 Å². The number of methoxy groups -OCH3 is 1. The fourth-order valence-electron chi connectivity index (χ4n) is 3.63. The Hall–Kier alpha value is -4.17. The van der Waals surface area contributed by atoms with Crippen LogP contribution in [0.3, 0.4) is 0 Å². The van der Waals surface area contributed by atoms with E-state index in [2.05, 4.69) is 5.10 Å². The molecule has 0 aliphatic heterocycles. The molecular formula is C26H20N4O3S. The summed E-state index contributed by atoms with van der Waals surface area (Å²) >= 11 is 1.46. The van der Waals surface area contributed by atoms with Gasteiger partial charge < -0.3 is 4.74 Å². The highest BCUT2D eigenvalue weighted by Gasteiger charge is 2.16. The number of hydrogen-bond donors (Lipinski definition) is 0. The van der Waals surface area contributed by atoms with Gasteiger partial charge in [0.25, 0.3) is 5.56 Å². The zero-order valence-electron chi connectivity index (χ0n) is 18.3. The monoisotopic (exact) mass is 468 g/mol. The fraction of sp³-hybridized carbons (Fsp3) is 0.0769. The predicted octanol–water partition coefficient (Wildman–Crippen LogP) is 4.65. The minimum Gasteiger partial charge on any atom is -0.465 e. The second kappa shape index (κ2) is 9.36. The van der Waals surface area contributed by atoms with Crippen LogP contribution in [0.15, 0.2) is 101 Å². The highest BCUT2D eigenvalue weighted by molar-refractivity contribution is 7.98. The second-order valence-corrected chi connectivity index (χ2v) is 8.44. The van der Waals surface area contributed by atoms with Gasteiger partial charge in [-0.1, -0.05) is 42.1 Å². The maximum absolute atomic E-state index is 13.5. The van der Waals surface area contributed by atoms with Crippen molar-refractivity contribution in [3.05, 3.63) is 113 Å². The summed E-state index contributed by atoms with van der Waals surface area (Å²) in [5.41, 5.74) is 3.40. The van der Waals surface area contributed by atoms with E-state index in [0.717, 1.165) is 16.9 Å². The summed E-state index contributed by atoms with van der Waals surface area (Å²) in [4.78, 5) is 30.2. The summed E-state index contributed by atoms with van der Waals surface area (Å²) in [5, 5.41) is 5.23. The summed E-state index contributed by atoms with van der Waals surface area (Å²) in [5.74, 6) is 0.142. The van der Waals surface area contributed by atoms with E-state index in [1.807, 2.05) is 66.9 Å². The molecule has 7 nitrogen and oxygen atoms in total. The van der Waals surface area contributed by atoms with Gasteiger partial charge in [-0.25, -0.2) is 14.5 Å². The third kappa shape index (κ3) is 4.23. The van der Waals surface area contributed by atoms with Crippen molar-refractivity contribution >= 4 is 28.6 Å². The molecule has 3 aromatic carbocycles. The first-order chi connectivity index (χ1) is 16.6. The van der Waals surface area contributed by atoms with Crippen molar-refractivity contribution in [1.82, 2.24) is 19.3 Å². The van der Waals surface area contributed by atoms with E-state index in [1.165, 1.54) is 18.9 Å². The number of rotatable bonds is 6. The number of benzene rings is 3. The van der Waals surface area contributed by atoms with Crippen molar-refractivity contribution in [1.29, 1.82) is 0 Å². The minimum absolute atomic E-state index is 0.191. The summed E-state index contributed by atoms with van der Waals surface area (Å²) in [7, 11) is 1.33. The molecule has 0 unspecified atom stereocenters. The van der Waals surface area contributed by atoms with Gasteiger partial charge in [-0.2, -0.15) is 5.10 Å². The van der Waals surface area contributed by atoms with Crippen molar-refractivity contribution in [2.24, 2.45) is 0 Å². The molecule has 0 saturated carbocycles. The first kappa shape index (κ1) is 21.7. The molecule has 0 spiro atoms. The molecule has 0 bridgehead atoms. The van der Waals surface area contributed by atoms with Gasteiger partial charge in [0.05, 0.1) is 35.0 Å². The van der Waals surface area contributed by atoms with Crippen LogP contribution in [0, 0.1) is 0 Å². The number of nitrogens with zero attached hydrogens (tertiary/aromatic N) is 4. The number of aromatic nitrogens is 4. The van der Waals surface area contributed by atoms with Gasteiger partial charge in [-0.3, -0.25) is 9.36 Å². The highest BCUT2D eigenvalue weighted by Crippen LogP contribution is 2.25. The Morgan fingerprint density at radius 1 is 0.971 bits per heavy atom. The van der Waals surface area contributed by atoms with E-state index in [9.17, 15) is 9.59 Å².